The zero-order chi connectivity index (χ0) is 13.0. The molecule has 0 spiro atoms. The van der Waals surface area contributed by atoms with Gasteiger partial charge in [0.1, 0.15) is 5.75 Å². The van der Waals surface area contributed by atoms with E-state index in [1.54, 1.807) is 48.5 Å². The molecule has 0 aliphatic rings. The van der Waals surface area contributed by atoms with E-state index < -0.39 is 0 Å². The topological polar surface area (TPSA) is 44.0 Å². The van der Waals surface area contributed by atoms with Gasteiger partial charge in [0.05, 0.1) is 11.6 Å². The first-order chi connectivity index (χ1) is 8.70. The Morgan fingerprint density at radius 2 is 1.78 bits per heavy atom. The first-order valence-corrected chi connectivity index (χ1v) is 5.74. The van der Waals surface area contributed by atoms with Gasteiger partial charge in [-0.15, -0.1) is 0 Å². The van der Waals surface area contributed by atoms with Crippen LogP contribution in [0.5, 0.6) is 5.75 Å². The lowest BCUT2D eigenvalue weighted by molar-refractivity contribution is 0.474. The number of rotatable bonds is 2. The van der Waals surface area contributed by atoms with Crippen molar-refractivity contribution in [2.24, 2.45) is 0 Å². The smallest absolute Gasteiger partial charge is 0.122 e. The van der Waals surface area contributed by atoms with Crippen molar-refractivity contribution < 1.29 is 5.11 Å². The zero-order valence-corrected chi connectivity index (χ0v) is 10.2. The third-order valence-electron chi connectivity index (χ3n) is 2.51. The third-order valence-corrected chi connectivity index (χ3v) is 2.76. The number of nitriles is 1. The minimum atomic E-state index is 0.152. The highest BCUT2D eigenvalue weighted by molar-refractivity contribution is 6.30. The Balaban J connectivity index is 2.44. The van der Waals surface area contributed by atoms with Crippen molar-refractivity contribution in [1.82, 2.24) is 0 Å². The van der Waals surface area contributed by atoms with Gasteiger partial charge in [-0.05, 0) is 29.8 Å². The Bertz CT molecular complexity index is 624. The van der Waals surface area contributed by atoms with Crippen LogP contribution in [0.2, 0.25) is 5.02 Å². The Hall–Kier alpha value is -2.24. The maximum absolute atomic E-state index is 9.67. The van der Waals surface area contributed by atoms with Crippen molar-refractivity contribution >= 4 is 23.3 Å². The van der Waals surface area contributed by atoms with E-state index in [0.717, 1.165) is 5.56 Å². The maximum Gasteiger partial charge on any atom is 0.122 e. The molecule has 0 aliphatic carbocycles. The van der Waals surface area contributed by atoms with E-state index in [1.807, 2.05) is 6.07 Å². The summed E-state index contributed by atoms with van der Waals surface area (Å²) in [4.78, 5) is 0. The molecule has 88 valence electrons. The van der Waals surface area contributed by atoms with Crippen molar-refractivity contribution in [3.05, 3.63) is 64.7 Å². The number of para-hydroxylation sites is 1. The first-order valence-electron chi connectivity index (χ1n) is 5.36. The number of aromatic hydroxyl groups is 1. The lowest BCUT2D eigenvalue weighted by Crippen LogP contribution is -1.82. The highest BCUT2D eigenvalue weighted by Crippen LogP contribution is 2.24. The predicted molar refractivity (Wildman–Crippen MR) is 73.0 cm³/mol. The second-order valence-electron chi connectivity index (χ2n) is 3.74. The molecule has 0 unspecified atom stereocenters. The molecule has 0 amide bonds. The summed E-state index contributed by atoms with van der Waals surface area (Å²) in [6.07, 6.45) is 1.65. The van der Waals surface area contributed by atoms with Gasteiger partial charge in [0.2, 0.25) is 0 Å². The number of phenolic OH excluding ortho intramolecular Hbond substituents is 1. The van der Waals surface area contributed by atoms with Gasteiger partial charge in [-0.3, -0.25) is 0 Å². The normalized spacial score (nSPS) is 11.0. The van der Waals surface area contributed by atoms with E-state index in [1.165, 1.54) is 0 Å². The summed E-state index contributed by atoms with van der Waals surface area (Å²) >= 11 is 5.80. The fraction of sp³-hybridized carbons (Fsp3) is 0. The molecule has 18 heavy (non-hydrogen) atoms. The summed E-state index contributed by atoms with van der Waals surface area (Å²) in [5.41, 5.74) is 1.86. The van der Waals surface area contributed by atoms with Crippen molar-refractivity contribution in [2.75, 3.05) is 0 Å². The molecule has 0 aromatic heterocycles. The molecule has 2 aromatic carbocycles. The number of nitrogens with zero attached hydrogens (tertiary/aromatic N) is 1. The van der Waals surface area contributed by atoms with E-state index in [0.29, 0.717) is 16.2 Å². The molecule has 0 saturated carbocycles. The van der Waals surface area contributed by atoms with Gasteiger partial charge >= 0.3 is 0 Å². The number of allylic oxidation sites excluding steroid dienone is 1. The van der Waals surface area contributed by atoms with Crippen LogP contribution in [0.4, 0.5) is 0 Å². The Labute approximate surface area is 110 Å². The molecule has 2 aromatic rings. The third kappa shape index (κ3) is 2.71. The summed E-state index contributed by atoms with van der Waals surface area (Å²) in [6.45, 7) is 0. The summed E-state index contributed by atoms with van der Waals surface area (Å²) in [7, 11) is 0. The average Bonchev–Trinajstić information content (AvgIpc) is 2.39. The SMILES string of the molecule is N#C/C(=C\c1ccccc1O)c1ccc(Cl)cc1. The molecule has 2 rings (SSSR count). The van der Waals surface area contributed by atoms with Crippen LogP contribution in [-0.2, 0) is 0 Å². The fourth-order valence-electron chi connectivity index (χ4n) is 1.57. The Kier molecular flexibility index (Phi) is 3.66. The van der Waals surface area contributed by atoms with E-state index in [-0.39, 0.29) is 5.75 Å². The molecule has 0 aliphatic heterocycles. The van der Waals surface area contributed by atoms with Gasteiger partial charge in [-0.25, -0.2) is 0 Å². The lowest BCUT2D eigenvalue weighted by atomic mass is 10.0. The number of halogens is 1. The number of hydrogen-bond donors (Lipinski definition) is 1. The van der Waals surface area contributed by atoms with Crippen LogP contribution in [-0.4, -0.2) is 5.11 Å². The van der Waals surface area contributed by atoms with E-state index in [2.05, 4.69) is 6.07 Å². The monoisotopic (exact) mass is 255 g/mol. The molecule has 3 heteroatoms. The van der Waals surface area contributed by atoms with Crippen LogP contribution in [0.1, 0.15) is 11.1 Å². The molecular weight excluding hydrogens is 246 g/mol. The molecule has 0 bridgehead atoms. The van der Waals surface area contributed by atoms with Gasteiger partial charge in [-0.1, -0.05) is 41.9 Å². The maximum atomic E-state index is 9.67. The number of phenols is 1. The largest absolute Gasteiger partial charge is 0.507 e. The standard InChI is InChI=1S/C15H10ClNO/c16-14-7-5-11(6-8-14)13(10-17)9-12-3-1-2-4-15(12)18/h1-9,18H/b13-9+. The van der Waals surface area contributed by atoms with E-state index in [4.69, 9.17) is 16.9 Å². The van der Waals surface area contributed by atoms with Crippen molar-refractivity contribution in [3.63, 3.8) is 0 Å². The molecule has 0 saturated heterocycles. The predicted octanol–water partition coefficient (Wildman–Crippen LogP) is 4.11. The first kappa shape index (κ1) is 12.2. The highest BCUT2D eigenvalue weighted by atomic mass is 35.5. The van der Waals surface area contributed by atoms with Crippen LogP contribution < -0.4 is 0 Å². The molecule has 0 fully saturated rings. The van der Waals surface area contributed by atoms with Crippen molar-refractivity contribution in [2.45, 2.75) is 0 Å². The summed E-state index contributed by atoms with van der Waals surface area (Å²) in [6, 6.07) is 16.0. The van der Waals surface area contributed by atoms with E-state index >= 15 is 0 Å². The quantitative estimate of drug-likeness (QED) is 0.648. The Morgan fingerprint density at radius 1 is 1.11 bits per heavy atom. The minimum absolute atomic E-state index is 0.152. The molecule has 0 radical (unpaired) electrons. The van der Waals surface area contributed by atoms with Crippen LogP contribution in [0.15, 0.2) is 48.5 Å². The molecule has 0 atom stereocenters. The highest BCUT2D eigenvalue weighted by Gasteiger charge is 2.03. The van der Waals surface area contributed by atoms with Gasteiger partial charge in [0.25, 0.3) is 0 Å². The molecule has 1 N–H and O–H groups in total. The van der Waals surface area contributed by atoms with E-state index in [9.17, 15) is 5.11 Å². The van der Waals surface area contributed by atoms with Crippen LogP contribution in [0.3, 0.4) is 0 Å². The van der Waals surface area contributed by atoms with Crippen LogP contribution in [0.25, 0.3) is 11.6 Å². The lowest BCUT2D eigenvalue weighted by Gasteiger charge is -2.01. The fourth-order valence-corrected chi connectivity index (χ4v) is 1.70. The molecule has 2 nitrogen and oxygen atoms in total. The second kappa shape index (κ2) is 5.39. The molecular formula is C15H10ClNO. The summed E-state index contributed by atoms with van der Waals surface area (Å²) in [5, 5.41) is 19.5. The minimum Gasteiger partial charge on any atom is -0.507 e. The van der Waals surface area contributed by atoms with Crippen LogP contribution >= 0.6 is 11.6 Å². The number of benzene rings is 2. The van der Waals surface area contributed by atoms with Gasteiger partial charge < -0.3 is 5.11 Å². The van der Waals surface area contributed by atoms with Crippen molar-refractivity contribution in [1.29, 1.82) is 5.26 Å². The Morgan fingerprint density at radius 3 is 2.39 bits per heavy atom. The average molecular weight is 256 g/mol. The number of hydrogen-bond acceptors (Lipinski definition) is 2. The van der Waals surface area contributed by atoms with Gasteiger partial charge in [0, 0.05) is 10.6 Å². The summed E-state index contributed by atoms with van der Waals surface area (Å²) < 4.78 is 0. The van der Waals surface area contributed by atoms with Crippen LogP contribution in [0, 0.1) is 11.3 Å². The molecule has 0 heterocycles. The second-order valence-corrected chi connectivity index (χ2v) is 4.17. The zero-order valence-electron chi connectivity index (χ0n) is 9.47. The summed E-state index contributed by atoms with van der Waals surface area (Å²) in [5.74, 6) is 0.152. The van der Waals surface area contributed by atoms with Gasteiger partial charge in [0.15, 0.2) is 0 Å². The van der Waals surface area contributed by atoms with Gasteiger partial charge in [-0.2, -0.15) is 5.26 Å². The van der Waals surface area contributed by atoms with Crippen molar-refractivity contribution in [3.8, 4) is 11.8 Å².